The van der Waals surface area contributed by atoms with E-state index in [0.717, 1.165) is 16.7 Å². The standard InChI is InChI=1S/C24H20ClF2N3O2/c1-13-9-21-20(11-28-13)18-8-5-16(25)10-19(18)14(2)24(32)30(21)12-22(31)29-17-6-3-15(4-7-17)23(26)27/h3-11,14,23H,12H2,1-2H3,(H,29,31). The van der Waals surface area contributed by atoms with Gasteiger partial charge in [0.1, 0.15) is 6.54 Å². The van der Waals surface area contributed by atoms with Gasteiger partial charge in [-0.15, -0.1) is 0 Å². The molecule has 0 radical (unpaired) electrons. The minimum Gasteiger partial charge on any atom is -0.325 e. The van der Waals surface area contributed by atoms with E-state index >= 15 is 0 Å². The number of carbonyl (C=O) groups excluding carboxylic acids is 2. The van der Waals surface area contributed by atoms with Crippen molar-refractivity contribution in [3.8, 4) is 11.1 Å². The van der Waals surface area contributed by atoms with Gasteiger partial charge in [-0.3, -0.25) is 14.6 Å². The second kappa shape index (κ2) is 8.67. The largest absolute Gasteiger partial charge is 0.325 e. The molecule has 2 heterocycles. The number of aromatic nitrogens is 1. The van der Waals surface area contributed by atoms with Gasteiger partial charge >= 0.3 is 0 Å². The summed E-state index contributed by atoms with van der Waals surface area (Å²) in [6.07, 6.45) is -0.893. The van der Waals surface area contributed by atoms with E-state index in [2.05, 4.69) is 10.3 Å². The van der Waals surface area contributed by atoms with E-state index in [1.54, 1.807) is 31.3 Å². The highest BCUT2D eigenvalue weighted by Crippen LogP contribution is 2.41. The fourth-order valence-corrected chi connectivity index (χ4v) is 4.00. The lowest BCUT2D eigenvalue weighted by atomic mass is 9.93. The lowest BCUT2D eigenvalue weighted by molar-refractivity contribution is -0.122. The first-order chi connectivity index (χ1) is 15.2. The van der Waals surface area contributed by atoms with Crippen molar-refractivity contribution < 1.29 is 18.4 Å². The van der Waals surface area contributed by atoms with Crippen molar-refractivity contribution in [3.05, 3.63) is 76.6 Å². The van der Waals surface area contributed by atoms with Crippen LogP contribution in [0.4, 0.5) is 20.2 Å². The highest BCUT2D eigenvalue weighted by Gasteiger charge is 2.33. The van der Waals surface area contributed by atoms with Crippen molar-refractivity contribution in [2.75, 3.05) is 16.8 Å². The number of amides is 2. The van der Waals surface area contributed by atoms with Crippen LogP contribution in [0.2, 0.25) is 5.02 Å². The third-order valence-electron chi connectivity index (χ3n) is 5.46. The number of fused-ring (bicyclic) bond motifs is 3. The number of aryl methyl sites for hydroxylation is 1. The van der Waals surface area contributed by atoms with Crippen LogP contribution in [0, 0.1) is 6.92 Å². The molecule has 1 N–H and O–H groups in total. The van der Waals surface area contributed by atoms with Crippen LogP contribution in [0.5, 0.6) is 0 Å². The van der Waals surface area contributed by atoms with E-state index < -0.39 is 18.3 Å². The summed E-state index contributed by atoms with van der Waals surface area (Å²) < 4.78 is 25.5. The molecule has 2 amide bonds. The zero-order valence-corrected chi connectivity index (χ0v) is 18.2. The number of nitrogens with zero attached hydrogens (tertiary/aromatic N) is 2. The number of nitrogens with one attached hydrogen (secondary N) is 1. The summed E-state index contributed by atoms with van der Waals surface area (Å²) in [6.45, 7) is 3.35. The number of halogens is 3. The molecule has 1 unspecified atom stereocenters. The van der Waals surface area contributed by atoms with Crippen LogP contribution in [0.1, 0.15) is 36.1 Å². The van der Waals surface area contributed by atoms with Crippen LogP contribution in [-0.4, -0.2) is 23.3 Å². The molecule has 0 saturated heterocycles. The van der Waals surface area contributed by atoms with E-state index in [1.165, 1.54) is 29.2 Å². The number of benzene rings is 2. The summed E-state index contributed by atoms with van der Waals surface area (Å²) in [7, 11) is 0. The fraction of sp³-hybridized carbons (Fsp3) is 0.208. The molecule has 0 bridgehead atoms. The van der Waals surface area contributed by atoms with E-state index in [4.69, 9.17) is 11.6 Å². The quantitative estimate of drug-likeness (QED) is 0.546. The van der Waals surface area contributed by atoms with Crippen LogP contribution in [-0.2, 0) is 9.59 Å². The zero-order chi connectivity index (χ0) is 23.0. The number of carbonyl (C=O) groups is 2. The number of pyridine rings is 1. The number of rotatable bonds is 4. The van der Waals surface area contributed by atoms with Gasteiger partial charge in [-0.05, 0) is 55.3 Å². The fourth-order valence-electron chi connectivity index (χ4n) is 3.82. The van der Waals surface area contributed by atoms with Gasteiger partial charge in [0.05, 0.1) is 11.6 Å². The number of alkyl halides is 2. The van der Waals surface area contributed by atoms with Crippen LogP contribution < -0.4 is 10.2 Å². The van der Waals surface area contributed by atoms with Gasteiger partial charge in [-0.25, -0.2) is 8.78 Å². The van der Waals surface area contributed by atoms with Crippen molar-refractivity contribution in [3.63, 3.8) is 0 Å². The monoisotopic (exact) mass is 455 g/mol. The lowest BCUT2D eigenvalue weighted by Gasteiger charge is -2.24. The van der Waals surface area contributed by atoms with Crippen molar-refractivity contribution in [2.24, 2.45) is 0 Å². The van der Waals surface area contributed by atoms with Crippen LogP contribution in [0.15, 0.2) is 54.7 Å². The van der Waals surface area contributed by atoms with Gasteiger partial charge in [0, 0.05) is 33.7 Å². The van der Waals surface area contributed by atoms with Crippen LogP contribution >= 0.6 is 11.6 Å². The molecule has 0 aliphatic carbocycles. The second-order valence-electron chi connectivity index (χ2n) is 7.69. The Hall–Kier alpha value is -3.32. The van der Waals surface area contributed by atoms with Gasteiger partial charge in [-0.2, -0.15) is 0 Å². The first-order valence-electron chi connectivity index (χ1n) is 10.0. The van der Waals surface area contributed by atoms with Crippen molar-refractivity contribution in [1.29, 1.82) is 0 Å². The molecular formula is C24H20ClF2N3O2. The summed E-state index contributed by atoms with van der Waals surface area (Å²) in [5.74, 6) is -1.23. The van der Waals surface area contributed by atoms with Gasteiger partial charge < -0.3 is 10.2 Å². The highest BCUT2D eigenvalue weighted by atomic mass is 35.5. The Kier molecular flexibility index (Phi) is 5.93. The Morgan fingerprint density at radius 1 is 1.16 bits per heavy atom. The van der Waals surface area contributed by atoms with Crippen molar-refractivity contribution >= 4 is 34.8 Å². The average molecular weight is 456 g/mol. The molecule has 4 rings (SSSR count). The highest BCUT2D eigenvalue weighted by molar-refractivity contribution is 6.30. The zero-order valence-electron chi connectivity index (χ0n) is 17.4. The van der Waals surface area contributed by atoms with Gasteiger partial charge in [0.2, 0.25) is 11.8 Å². The molecule has 0 saturated carbocycles. The SMILES string of the molecule is Cc1cc2c(cn1)-c1ccc(Cl)cc1C(C)C(=O)N2CC(=O)Nc1ccc(C(F)F)cc1. The van der Waals surface area contributed by atoms with Crippen molar-refractivity contribution in [2.45, 2.75) is 26.2 Å². The molecule has 5 nitrogen and oxygen atoms in total. The predicted molar refractivity (Wildman–Crippen MR) is 120 cm³/mol. The third-order valence-corrected chi connectivity index (χ3v) is 5.70. The Morgan fingerprint density at radius 3 is 2.56 bits per heavy atom. The molecule has 0 fully saturated rings. The topological polar surface area (TPSA) is 62.3 Å². The van der Waals surface area contributed by atoms with Crippen LogP contribution in [0.3, 0.4) is 0 Å². The average Bonchev–Trinajstić information content (AvgIpc) is 2.83. The van der Waals surface area contributed by atoms with Gasteiger partial charge in [0.15, 0.2) is 0 Å². The molecular weight excluding hydrogens is 436 g/mol. The number of hydrogen-bond acceptors (Lipinski definition) is 3. The minimum absolute atomic E-state index is 0.132. The Balaban J connectivity index is 1.67. The van der Waals surface area contributed by atoms with Gasteiger partial charge in [0.25, 0.3) is 6.43 Å². The molecule has 1 atom stereocenters. The molecule has 164 valence electrons. The lowest BCUT2D eigenvalue weighted by Crippen LogP contribution is -2.40. The van der Waals surface area contributed by atoms with E-state index in [1.807, 2.05) is 13.0 Å². The summed E-state index contributed by atoms with van der Waals surface area (Å²) in [6, 6.07) is 12.5. The summed E-state index contributed by atoms with van der Waals surface area (Å²) >= 11 is 6.19. The van der Waals surface area contributed by atoms with E-state index in [-0.39, 0.29) is 18.0 Å². The normalized spacial score (nSPS) is 15.2. The van der Waals surface area contributed by atoms with Crippen molar-refractivity contribution in [1.82, 2.24) is 4.98 Å². The first-order valence-corrected chi connectivity index (χ1v) is 10.4. The molecule has 1 aliphatic heterocycles. The van der Waals surface area contributed by atoms with E-state index in [0.29, 0.717) is 22.1 Å². The maximum atomic E-state index is 13.4. The second-order valence-corrected chi connectivity index (χ2v) is 8.13. The molecule has 3 aromatic rings. The molecule has 1 aromatic heterocycles. The Bertz CT molecular complexity index is 1200. The molecule has 1 aliphatic rings. The Morgan fingerprint density at radius 2 is 1.88 bits per heavy atom. The number of hydrogen-bond donors (Lipinski definition) is 1. The van der Waals surface area contributed by atoms with E-state index in [9.17, 15) is 18.4 Å². The smallest absolute Gasteiger partial charge is 0.263 e. The summed E-state index contributed by atoms with van der Waals surface area (Å²) in [5.41, 5.74) is 3.86. The summed E-state index contributed by atoms with van der Waals surface area (Å²) in [4.78, 5) is 32.0. The molecule has 8 heteroatoms. The number of anilines is 2. The Labute approximate surface area is 189 Å². The van der Waals surface area contributed by atoms with Gasteiger partial charge in [-0.1, -0.05) is 29.8 Å². The third kappa shape index (κ3) is 4.21. The molecule has 32 heavy (non-hydrogen) atoms. The molecule has 2 aromatic carbocycles. The maximum Gasteiger partial charge on any atom is 0.263 e. The maximum absolute atomic E-state index is 13.4. The minimum atomic E-state index is -2.58. The van der Waals surface area contributed by atoms with Crippen LogP contribution in [0.25, 0.3) is 11.1 Å². The first kappa shape index (κ1) is 21.9. The molecule has 0 spiro atoms. The summed E-state index contributed by atoms with van der Waals surface area (Å²) in [5, 5.41) is 3.19. The predicted octanol–water partition coefficient (Wildman–Crippen LogP) is 5.74.